The lowest BCUT2D eigenvalue weighted by atomic mass is 10.2. The van der Waals surface area contributed by atoms with E-state index in [-0.39, 0.29) is 12.5 Å². The van der Waals surface area contributed by atoms with Gasteiger partial charge in [0, 0.05) is 5.69 Å². The summed E-state index contributed by atoms with van der Waals surface area (Å²) in [7, 11) is 0. The monoisotopic (exact) mass is 322 g/mol. The summed E-state index contributed by atoms with van der Waals surface area (Å²) in [5, 5.41) is 6.85. The number of hydrogen-bond donors (Lipinski definition) is 1. The average molecular weight is 322 g/mol. The van der Waals surface area contributed by atoms with Crippen LogP contribution in [0.3, 0.4) is 0 Å². The number of amides is 1. The number of aromatic nitrogens is 3. The Balaban J connectivity index is 1.52. The van der Waals surface area contributed by atoms with E-state index in [1.54, 1.807) is 11.0 Å². The molecule has 2 aromatic carbocycles. The van der Waals surface area contributed by atoms with Gasteiger partial charge in [0.1, 0.15) is 18.4 Å². The molecule has 6 heteroatoms. The Labute approximate surface area is 140 Å². The number of nitrogens with zero attached hydrogens (tertiary/aromatic N) is 3. The van der Waals surface area contributed by atoms with Crippen LogP contribution in [0.4, 0.5) is 5.69 Å². The fraction of sp³-hybridized carbons (Fsp3) is 0.167. The third-order valence-electron chi connectivity index (χ3n) is 3.54. The highest BCUT2D eigenvalue weighted by molar-refractivity contribution is 5.91. The third kappa shape index (κ3) is 3.98. The maximum atomic E-state index is 12.0. The highest BCUT2D eigenvalue weighted by atomic mass is 16.5. The largest absolute Gasteiger partial charge is 0.484 e. The summed E-state index contributed by atoms with van der Waals surface area (Å²) in [5.41, 5.74) is 2.81. The highest BCUT2D eigenvalue weighted by Gasteiger charge is 2.05. The van der Waals surface area contributed by atoms with Gasteiger partial charge in [0.15, 0.2) is 6.61 Å². The number of hydrogen-bond acceptors (Lipinski definition) is 4. The van der Waals surface area contributed by atoms with Crippen LogP contribution in [-0.4, -0.2) is 27.3 Å². The van der Waals surface area contributed by atoms with Crippen molar-refractivity contribution in [2.24, 2.45) is 0 Å². The number of anilines is 1. The molecule has 1 N–H and O–H groups in total. The van der Waals surface area contributed by atoms with Gasteiger partial charge in [0.2, 0.25) is 0 Å². The molecule has 0 saturated heterocycles. The number of nitrogens with one attached hydrogen (secondary N) is 1. The third-order valence-corrected chi connectivity index (χ3v) is 3.54. The van der Waals surface area contributed by atoms with Crippen molar-refractivity contribution in [2.45, 2.75) is 13.3 Å². The van der Waals surface area contributed by atoms with Crippen LogP contribution in [-0.2, 0) is 11.2 Å². The first kappa shape index (κ1) is 15.7. The summed E-state index contributed by atoms with van der Waals surface area (Å²) >= 11 is 0. The van der Waals surface area contributed by atoms with E-state index in [9.17, 15) is 4.79 Å². The van der Waals surface area contributed by atoms with Crippen LogP contribution < -0.4 is 10.1 Å². The van der Waals surface area contributed by atoms with E-state index < -0.39 is 0 Å². The lowest BCUT2D eigenvalue weighted by Gasteiger charge is -2.08. The molecule has 1 aromatic heterocycles. The summed E-state index contributed by atoms with van der Waals surface area (Å²) in [6.07, 6.45) is 4.07. The summed E-state index contributed by atoms with van der Waals surface area (Å²) in [6.45, 7) is 2.06. The molecule has 24 heavy (non-hydrogen) atoms. The molecule has 0 radical (unpaired) electrons. The normalized spacial score (nSPS) is 10.4. The minimum absolute atomic E-state index is 0.0314. The second kappa shape index (κ2) is 7.41. The maximum Gasteiger partial charge on any atom is 0.262 e. The molecule has 0 atom stereocenters. The predicted octanol–water partition coefficient (Wildman–Crippen LogP) is 2.85. The zero-order valence-electron chi connectivity index (χ0n) is 13.3. The summed E-state index contributed by atoms with van der Waals surface area (Å²) in [4.78, 5) is 15.9. The second-order valence-corrected chi connectivity index (χ2v) is 5.22. The SMILES string of the molecule is CCc1ccc(OCC(=O)Nc2ccc(-n3cncn3)cc2)cc1. The van der Waals surface area contributed by atoms with E-state index in [4.69, 9.17) is 4.74 Å². The zero-order valence-corrected chi connectivity index (χ0v) is 13.3. The number of benzene rings is 2. The first-order valence-corrected chi connectivity index (χ1v) is 7.71. The summed E-state index contributed by atoms with van der Waals surface area (Å²) < 4.78 is 7.14. The Hall–Kier alpha value is -3.15. The van der Waals surface area contributed by atoms with Crippen LogP contribution in [0.5, 0.6) is 5.75 Å². The lowest BCUT2D eigenvalue weighted by molar-refractivity contribution is -0.118. The van der Waals surface area contributed by atoms with E-state index in [0.29, 0.717) is 11.4 Å². The van der Waals surface area contributed by atoms with Gasteiger partial charge in [-0.1, -0.05) is 19.1 Å². The molecule has 1 amide bonds. The summed E-state index contributed by atoms with van der Waals surface area (Å²) in [5.74, 6) is 0.479. The smallest absolute Gasteiger partial charge is 0.262 e. The van der Waals surface area contributed by atoms with Crippen LogP contribution in [0.15, 0.2) is 61.2 Å². The number of aryl methyl sites for hydroxylation is 1. The number of rotatable bonds is 6. The van der Waals surface area contributed by atoms with Gasteiger partial charge in [-0.2, -0.15) is 5.10 Å². The molecule has 3 aromatic rings. The van der Waals surface area contributed by atoms with Gasteiger partial charge < -0.3 is 10.1 Å². The van der Waals surface area contributed by atoms with Gasteiger partial charge in [-0.05, 0) is 48.4 Å². The van der Waals surface area contributed by atoms with Gasteiger partial charge >= 0.3 is 0 Å². The van der Waals surface area contributed by atoms with Crippen LogP contribution in [0.25, 0.3) is 5.69 Å². The molecule has 0 aliphatic heterocycles. The number of carbonyl (C=O) groups excluding carboxylic acids is 1. The van der Waals surface area contributed by atoms with Crippen molar-refractivity contribution >= 4 is 11.6 Å². The minimum atomic E-state index is -0.205. The van der Waals surface area contributed by atoms with Gasteiger partial charge in [0.05, 0.1) is 5.69 Å². The first-order chi connectivity index (χ1) is 11.7. The Kier molecular flexibility index (Phi) is 4.86. The molecule has 0 aliphatic carbocycles. The lowest BCUT2D eigenvalue weighted by Crippen LogP contribution is -2.20. The first-order valence-electron chi connectivity index (χ1n) is 7.71. The van der Waals surface area contributed by atoms with Gasteiger partial charge in [-0.3, -0.25) is 4.79 Å². The van der Waals surface area contributed by atoms with Gasteiger partial charge in [-0.15, -0.1) is 0 Å². The Morgan fingerprint density at radius 2 is 1.88 bits per heavy atom. The van der Waals surface area contributed by atoms with Crippen molar-refractivity contribution in [3.63, 3.8) is 0 Å². The number of ether oxygens (including phenoxy) is 1. The molecule has 6 nitrogen and oxygen atoms in total. The average Bonchev–Trinajstić information content (AvgIpc) is 3.16. The van der Waals surface area contributed by atoms with Crippen LogP contribution in [0.1, 0.15) is 12.5 Å². The van der Waals surface area contributed by atoms with E-state index in [1.165, 1.54) is 11.9 Å². The van der Waals surface area contributed by atoms with Gasteiger partial charge in [-0.25, -0.2) is 9.67 Å². The van der Waals surface area contributed by atoms with Crippen LogP contribution in [0, 0.1) is 0 Å². The molecular formula is C18H18N4O2. The quantitative estimate of drug-likeness (QED) is 0.757. The molecule has 0 spiro atoms. The molecule has 0 aliphatic rings. The molecule has 122 valence electrons. The van der Waals surface area contributed by atoms with Crippen molar-refractivity contribution < 1.29 is 9.53 Å². The van der Waals surface area contributed by atoms with Gasteiger partial charge in [0.25, 0.3) is 5.91 Å². The van der Waals surface area contributed by atoms with Crippen molar-refractivity contribution in [3.05, 3.63) is 66.7 Å². The maximum absolute atomic E-state index is 12.0. The second-order valence-electron chi connectivity index (χ2n) is 5.22. The summed E-state index contributed by atoms with van der Waals surface area (Å²) in [6, 6.07) is 15.1. The molecule has 0 saturated carbocycles. The molecule has 3 rings (SSSR count). The zero-order chi connectivity index (χ0) is 16.8. The Bertz CT molecular complexity index is 781. The molecule has 0 fully saturated rings. The Morgan fingerprint density at radius 1 is 1.12 bits per heavy atom. The molecule has 0 bridgehead atoms. The van der Waals surface area contributed by atoms with E-state index in [1.807, 2.05) is 48.5 Å². The van der Waals surface area contributed by atoms with Crippen molar-refractivity contribution in [3.8, 4) is 11.4 Å². The number of carbonyl (C=O) groups is 1. The Morgan fingerprint density at radius 3 is 2.50 bits per heavy atom. The standard InChI is InChI=1S/C18H18N4O2/c1-2-14-3-9-17(10-4-14)24-11-18(23)21-15-5-7-16(8-6-15)22-13-19-12-20-22/h3-10,12-13H,2,11H2,1H3,(H,21,23). The van der Waals surface area contributed by atoms with Crippen molar-refractivity contribution in [1.82, 2.24) is 14.8 Å². The fourth-order valence-electron chi connectivity index (χ4n) is 2.21. The van der Waals surface area contributed by atoms with Crippen LogP contribution >= 0.6 is 0 Å². The topological polar surface area (TPSA) is 69.0 Å². The van der Waals surface area contributed by atoms with E-state index in [2.05, 4.69) is 22.3 Å². The molecule has 1 heterocycles. The van der Waals surface area contributed by atoms with Crippen molar-refractivity contribution in [2.75, 3.05) is 11.9 Å². The predicted molar refractivity (Wildman–Crippen MR) is 91.3 cm³/mol. The molecule has 0 unspecified atom stereocenters. The van der Waals surface area contributed by atoms with E-state index in [0.717, 1.165) is 12.1 Å². The van der Waals surface area contributed by atoms with E-state index >= 15 is 0 Å². The minimum Gasteiger partial charge on any atom is -0.484 e. The highest BCUT2D eigenvalue weighted by Crippen LogP contribution is 2.14. The fourth-order valence-corrected chi connectivity index (χ4v) is 2.21. The van der Waals surface area contributed by atoms with Crippen LogP contribution in [0.2, 0.25) is 0 Å². The molecular weight excluding hydrogens is 304 g/mol. The van der Waals surface area contributed by atoms with Crippen molar-refractivity contribution in [1.29, 1.82) is 0 Å².